The molecule has 4 N–H and O–H groups in total. The fraction of sp³-hybridized carbons (Fsp3) is 0.333. The van der Waals surface area contributed by atoms with E-state index in [0.29, 0.717) is 5.69 Å². The van der Waals surface area contributed by atoms with E-state index in [4.69, 9.17) is 23.7 Å². The van der Waals surface area contributed by atoms with Gasteiger partial charge in [-0.15, -0.1) is 0 Å². The predicted octanol–water partition coefficient (Wildman–Crippen LogP) is 1.16. The first kappa shape index (κ1) is 14.4. The third-order valence-electron chi connectivity index (χ3n) is 2.50. The topological polar surface area (TPSA) is 72.3 Å². The molecule has 0 aromatic heterocycles. The van der Waals surface area contributed by atoms with Crippen LogP contribution in [0.1, 0.15) is 19.4 Å². The van der Waals surface area contributed by atoms with E-state index >= 15 is 0 Å². The van der Waals surface area contributed by atoms with Gasteiger partial charge in [-0.1, -0.05) is 12.2 Å². The Labute approximate surface area is 111 Å². The third-order valence-corrected chi connectivity index (χ3v) is 2.72. The molecule has 0 spiro atoms. The normalized spacial score (nSPS) is 10.4. The summed E-state index contributed by atoms with van der Waals surface area (Å²) < 4.78 is 13.8. The number of nitrogens with zero attached hydrogens (tertiary/aromatic N) is 1. The van der Waals surface area contributed by atoms with E-state index in [1.807, 2.05) is 13.8 Å². The van der Waals surface area contributed by atoms with Crippen LogP contribution >= 0.6 is 12.2 Å². The number of anilines is 1. The van der Waals surface area contributed by atoms with Crippen LogP contribution in [0.3, 0.4) is 0 Å². The zero-order valence-electron chi connectivity index (χ0n) is 10.3. The fourth-order valence-electron chi connectivity index (χ4n) is 1.62. The molecule has 0 aliphatic rings. The molecule has 0 saturated carbocycles. The minimum atomic E-state index is -0.505. The molecule has 1 aromatic carbocycles. The Kier molecular flexibility index (Phi) is 4.61. The van der Waals surface area contributed by atoms with Gasteiger partial charge in [-0.3, -0.25) is 4.79 Å². The van der Waals surface area contributed by atoms with Crippen molar-refractivity contribution in [1.82, 2.24) is 0 Å². The van der Waals surface area contributed by atoms with Gasteiger partial charge in [-0.25, -0.2) is 4.39 Å². The van der Waals surface area contributed by atoms with Crippen LogP contribution in [0.25, 0.3) is 0 Å². The van der Waals surface area contributed by atoms with Gasteiger partial charge in [-0.05, 0) is 32.0 Å². The second kappa shape index (κ2) is 5.77. The number of nitrogens with two attached hydrogens (primary N) is 2. The zero-order valence-corrected chi connectivity index (χ0v) is 11.1. The average molecular weight is 269 g/mol. The molecule has 0 bridgehead atoms. The summed E-state index contributed by atoms with van der Waals surface area (Å²) in [5.41, 5.74) is 11.3. The van der Waals surface area contributed by atoms with Gasteiger partial charge in [0, 0.05) is 17.3 Å². The highest BCUT2D eigenvalue weighted by Crippen LogP contribution is 2.20. The number of thiocarbonyl (C=S) groups is 1. The van der Waals surface area contributed by atoms with E-state index in [9.17, 15) is 9.18 Å². The molecule has 0 fully saturated rings. The molecule has 6 heteroatoms. The second-order valence-electron chi connectivity index (χ2n) is 4.22. The van der Waals surface area contributed by atoms with Crippen molar-refractivity contribution in [2.75, 3.05) is 11.4 Å². The van der Waals surface area contributed by atoms with Crippen molar-refractivity contribution < 1.29 is 9.18 Å². The fourth-order valence-corrected chi connectivity index (χ4v) is 1.79. The lowest BCUT2D eigenvalue weighted by Gasteiger charge is -2.27. The maximum absolute atomic E-state index is 13.8. The van der Waals surface area contributed by atoms with E-state index in [1.165, 1.54) is 12.1 Å². The molecule has 18 heavy (non-hydrogen) atoms. The van der Waals surface area contributed by atoms with Crippen LogP contribution in [-0.4, -0.2) is 23.5 Å². The molecule has 1 aromatic rings. The summed E-state index contributed by atoms with van der Waals surface area (Å²) in [5.74, 6) is -0.974. The van der Waals surface area contributed by atoms with Crippen LogP contribution in [0.5, 0.6) is 0 Å². The molecule has 0 radical (unpaired) electrons. The number of hydrogen-bond donors (Lipinski definition) is 2. The van der Waals surface area contributed by atoms with Crippen LogP contribution in [0, 0.1) is 5.82 Å². The maximum atomic E-state index is 13.8. The Morgan fingerprint density at radius 2 is 2.06 bits per heavy atom. The standard InChI is InChI=1S/C12H16FN3OS/c1-7(2)16(6-11(14)17)8-3-4-9(12(15)18)10(13)5-8/h3-5,7H,6H2,1-2H3,(H2,14,17)(H2,15,18). The summed E-state index contributed by atoms with van der Waals surface area (Å²) in [6, 6.07) is 4.49. The van der Waals surface area contributed by atoms with E-state index in [-0.39, 0.29) is 23.1 Å². The molecule has 0 aliphatic heterocycles. The van der Waals surface area contributed by atoms with Crippen LogP contribution in [0.2, 0.25) is 0 Å². The molecular weight excluding hydrogens is 253 g/mol. The van der Waals surface area contributed by atoms with E-state index in [1.54, 1.807) is 11.0 Å². The van der Waals surface area contributed by atoms with Crippen molar-refractivity contribution in [3.8, 4) is 0 Å². The average Bonchev–Trinajstić information content (AvgIpc) is 2.24. The number of rotatable bonds is 5. The van der Waals surface area contributed by atoms with Crippen molar-refractivity contribution in [1.29, 1.82) is 0 Å². The maximum Gasteiger partial charge on any atom is 0.236 e. The number of halogens is 1. The summed E-state index contributed by atoms with van der Waals surface area (Å²) in [7, 11) is 0. The SMILES string of the molecule is CC(C)N(CC(N)=O)c1ccc(C(N)=S)c(F)c1. The number of hydrogen-bond acceptors (Lipinski definition) is 3. The molecule has 98 valence electrons. The van der Waals surface area contributed by atoms with E-state index in [0.717, 1.165) is 0 Å². The first-order valence-electron chi connectivity index (χ1n) is 5.47. The summed E-state index contributed by atoms with van der Waals surface area (Å²) in [6.45, 7) is 3.81. The van der Waals surface area contributed by atoms with Gasteiger partial charge < -0.3 is 16.4 Å². The highest BCUT2D eigenvalue weighted by molar-refractivity contribution is 7.80. The van der Waals surface area contributed by atoms with E-state index < -0.39 is 11.7 Å². The Balaban J connectivity index is 3.10. The Hall–Kier alpha value is -1.69. The largest absolute Gasteiger partial charge is 0.389 e. The lowest BCUT2D eigenvalue weighted by molar-refractivity contribution is -0.116. The lowest BCUT2D eigenvalue weighted by Crippen LogP contribution is -2.38. The molecule has 1 rings (SSSR count). The number of carbonyl (C=O) groups is 1. The van der Waals surface area contributed by atoms with Gasteiger partial charge in [-0.2, -0.15) is 0 Å². The monoisotopic (exact) mass is 269 g/mol. The quantitative estimate of drug-likeness (QED) is 0.787. The minimum Gasteiger partial charge on any atom is -0.389 e. The predicted molar refractivity (Wildman–Crippen MR) is 74.0 cm³/mol. The molecule has 4 nitrogen and oxygen atoms in total. The second-order valence-corrected chi connectivity index (χ2v) is 4.66. The van der Waals surface area contributed by atoms with Crippen molar-refractivity contribution in [2.24, 2.45) is 11.5 Å². The first-order chi connectivity index (χ1) is 8.32. The van der Waals surface area contributed by atoms with Gasteiger partial charge in [0.05, 0.1) is 6.54 Å². The van der Waals surface area contributed by atoms with Crippen LogP contribution in [0.4, 0.5) is 10.1 Å². The smallest absolute Gasteiger partial charge is 0.236 e. The Morgan fingerprint density at radius 3 is 2.44 bits per heavy atom. The number of primary amides is 1. The third kappa shape index (κ3) is 3.40. The van der Waals surface area contributed by atoms with Crippen molar-refractivity contribution >= 4 is 28.8 Å². The molecule has 0 heterocycles. The molecule has 0 aliphatic carbocycles. The van der Waals surface area contributed by atoms with Crippen molar-refractivity contribution in [3.05, 3.63) is 29.6 Å². The Bertz CT molecular complexity index is 476. The van der Waals surface area contributed by atoms with Gasteiger partial charge in [0.25, 0.3) is 0 Å². The summed E-state index contributed by atoms with van der Waals surface area (Å²) >= 11 is 4.73. The van der Waals surface area contributed by atoms with Crippen LogP contribution in [0.15, 0.2) is 18.2 Å². The lowest BCUT2D eigenvalue weighted by atomic mass is 10.1. The van der Waals surface area contributed by atoms with Crippen molar-refractivity contribution in [3.63, 3.8) is 0 Å². The van der Waals surface area contributed by atoms with Gasteiger partial charge in [0.2, 0.25) is 5.91 Å². The van der Waals surface area contributed by atoms with Crippen LogP contribution < -0.4 is 16.4 Å². The molecule has 0 unspecified atom stereocenters. The summed E-state index contributed by atoms with van der Waals surface area (Å²) in [5, 5.41) is 0. The molecule has 0 atom stereocenters. The van der Waals surface area contributed by atoms with E-state index in [2.05, 4.69) is 0 Å². The van der Waals surface area contributed by atoms with Crippen molar-refractivity contribution in [2.45, 2.75) is 19.9 Å². The number of carbonyl (C=O) groups excluding carboxylic acids is 1. The first-order valence-corrected chi connectivity index (χ1v) is 5.88. The van der Waals surface area contributed by atoms with Crippen LogP contribution in [-0.2, 0) is 4.79 Å². The minimum absolute atomic E-state index is 0.00467. The zero-order chi connectivity index (χ0) is 13.9. The van der Waals surface area contributed by atoms with Gasteiger partial charge in [0.15, 0.2) is 0 Å². The molecule has 1 amide bonds. The highest BCUT2D eigenvalue weighted by atomic mass is 32.1. The summed E-state index contributed by atoms with van der Waals surface area (Å²) in [4.78, 5) is 12.7. The summed E-state index contributed by atoms with van der Waals surface area (Å²) in [6.07, 6.45) is 0. The van der Waals surface area contributed by atoms with Gasteiger partial charge in [0.1, 0.15) is 10.8 Å². The number of benzene rings is 1. The highest BCUT2D eigenvalue weighted by Gasteiger charge is 2.15. The van der Waals surface area contributed by atoms with Gasteiger partial charge >= 0.3 is 0 Å². The molecule has 0 saturated heterocycles. The Morgan fingerprint density at radius 1 is 1.44 bits per heavy atom. The molecular formula is C12H16FN3OS. The number of amides is 1.